The van der Waals surface area contributed by atoms with Crippen molar-refractivity contribution in [2.45, 2.75) is 43.6 Å². The van der Waals surface area contributed by atoms with Gasteiger partial charge in [0.15, 0.2) is 0 Å². The molecule has 28 heavy (non-hydrogen) atoms. The van der Waals surface area contributed by atoms with Crippen LogP contribution in [0.1, 0.15) is 31.4 Å². The Bertz CT molecular complexity index is 954. The lowest BCUT2D eigenvalue weighted by molar-refractivity contribution is -0.119. The van der Waals surface area contributed by atoms with Crippen LogP contribution in [0.4, 0.5) is 0 Å². The van der Waals surface area contributed by atoms with Gasteiger partial charge in [-0.1, -0.05) is 48.2 Å². The molecule has 0 bridgehead atoms. The second-order valence-corrected chi connectivity index (χ2v) is 7.91. The van der Waals surface area contributed by atoms with Crippen molar-refractivity contribution in [1.29, 1.82) is 0 Å². The molecule has 0 aliphatic carbocycles. The van der Waals surface area contributed by atoms with E-state index in [-0.39, 0.29) is 23.8 Å². The molecule has 8 heteroatoms. The van der Waals surface area contributed by atoms with Crippen LogP contribution in [-0.2, 0) is 16.1 Å². The number of ether oxygens (including phenoxy) is 1. The fourth-order valence-electron chi connectivity index (χ4n) is 3.37. The minimum absolute atomic E-state index is 0.0441. The number of aromatic nitrogens is 4. The maximum atomic E-state index is 12.4. The van der Waals surface area contributed by atoms with Crippen molar-refractivity contribution in [3.05, 3.63) is 48.0 Å². The van der Waals surface area contributed by atoms with Crippen LogP contribution in [0.2, 0.25) is 0 Å². The normalized spacial score (nSPS) is 17.7. The Hall–Kier alpha value is -2.45. The second kappa shape index (κ2) is 8.70. The highest BCUT2D eigenvalue weighted by Crippen LogP contribution is 2.21. The van der Waals surface area contributed by atoms with Crippen LogP contribution in [0.25, 0.3) is 10.8 Å². The lowest BCUT2D eigenvalue weighted by Crippen LogP contribution is -2.28. The van der Waals surface area contributed by atoms with Gasteiger partial charge in [-0.2, -0.15) is 0 Å². The fourth-order valence-corrected chi connectivity index (χ4v) is 4.07. The van der Waals surface area contributed by atoms with E-state index in [1.165, 1.54) is 22.5 Å². The van der Waals surface area contributed by atoms with Crippen LogP contribution in [0, 0.1) is 0 Å². The number of fused-ring (bicyclic) bond motifs is 1. The molecule has 0 unspecified atom stereocenters. The maximum Gasteiger partial charge on any atom is 0.230 e. The maximum absolute atomic E-state index is 12.4. The van der Waals surface area contributed by atoms with E-state index < -0.39 is 0 Å². The van der Waals surface area contributed by atoms with Crippen molar-refractivity contribution >= 4 is 28.4 Å². The van der Waals surface area contributed by atoms with Gasteiger partial charge in [0.25, 0.3) is 0 Å². The molecule has 1 saturated heterocycles. The summed E-state index contributed by atoms with van der Waals surface area (Å²) in [5.74, 6) is 0.224. The van der Waals surface area contributed by atoms with Crippen molar-refractivity contribution in [2.75, 3.05) is 12.4 Å². The van der Waals surface area contributed by atoms with Gasteiger partial charge in [-0.3, -0.25) is 4.79 Å². The molecule has 146 valence electrons. The average molecular weight is 398 g/mol. The van der Waals surface area contributed by atoms with Crippen LogP contribution >= 0.6 is 11.8 Å². The smallest absolute Gasteiger partial charge is 0.230 e. The highest BCUT2D eigenvalue weighted by atomic mass is 32.2. The Balaban J connectivity index is 1.32. The number of tetrazole rings is 1. The third-order valence-corrected chi connectivity index (χ3v) is 5.84. The molecule has 2 aromatic carbocycles. The summed E-state index contributed by atoms with van der Waals surface area (Å²) in [6.45, 7) is 3.42. The molecule has 7 nitrogen and oxygen atoms in total. The van der Waals surface area contributed by atoms with Crippen LogP contribution in [0.5, 0.6) is 0 Å². The fraction of sp³-hybridized carbons (Fsp3) is 0.400. The lowest BCUT2D eigenvalue weighted by atomic mass is 10.0. The number of carbonyl (C=O) groups is 1. The number of rotatable bonds is 7. The van der Waals surface area contributed by atoms with E-state index >= 15 is 0 Å². The van der Waals surface area contributed by atoms with Crippen molar-refractivity contribution in [2.24, 2.45) is 0 Å². The largest absolute Gasteiger partial charge is 0.376 e. The van der Waals surface area contributed by atoms with E-state index in [2.05, 4.69) is 51.2 Å². The number of nitrogens with zero attached hydrogens (tertiary/aromatic N) is 4. The van der Waals surface area contributed by atoms with Gasteiger partial charge in [0.2, 0.25) is 11.1 Å². The van der Waals surface area contributed by atoms with Crippen LogP contribution in [0.3, 0.4) is 0 Å². The van der Waals surface area contributed by atoms with Gasteiger partial charge in [-0.05, 0) is 52.6 Å². The van der Waals surface area contributed by atoms with Crippen molar-refractivity contribution < 1.29 is 9.53 Å². The molecule has 0 spiro atoms. The zero-order chi connectivity index (χ0) is 19.3. The number of hydrogen-bond donors (Lipinski definition) is 1. The number of carbonyl (C=O) groups excluding carboxylic acids is 1. The molecule has 1 aliphatic heterocycles. The summed E-state index contributed by atoms with van der Waals surface area (Å²) in [4.78, 5) is 12.4. The molecule has 1 aromatic heterocycles. The quantitative estimate of drug-likeness (QED) is 0.617. The minimum Gasteiger partial charge on any atom is -0.376 e. The number of nitrogens with one attached hydrogen (secondary N) is 1. The summed E-state index contributed by atoms with van der Waals surface area (Å²) in [7, 11) is 0. The van der Waals surface area contributed by atoms with E-state index in [9.17, 15) is 4.79 Å². The van der Waals surface area contributed by atoms with Gasteiger partial charge in [0.05, 0.1) is 24.4 Å². The van der Waals surface area contributed by atoms with E-state index in [1.54, 1.807) is 4.68 Å². The van der Waals surface area contributed by atoms with E-state index in [1.807, 2.05) is 19.1 Å². The number of amides is 1. The third kappa shape index (κ3) is 4.51. The average Bonchev–Trinajstić information content (AvgIpc) is 3.38. The Morgan fingerprint density at radius 3 is 3.00 bits per heavy atom. The predicted molar refractivity (Wildman–Crippen MR) is 108 cm³/mol. The first-order valence-electron chi connectivity index (χ1n) is 9.47. The molecule has 1 N–H and O–H groups in total. The summed E-state index contributed by atoms with van der Waals surface area (Å²) in [5, 5.41) is 17.8. The molecular formula is C20H23N5O2S. The Morgan fingerprint density at radius 1 is 1.32 bits per heavy atom. The molecule has 2 heterocycles. The Labute approximate surface area is 167 Å². The molecule has 1 fully saturated rings. The number of thioether (sulfide) groups is 1. The molecule has 4 rings (SSSR count). The summed E-state index contributed by atoms with van der Waals surface area (Å²) < 4.78 is 7.36. The summed E-state index contributed by atoms with van der Waals surface area (Å²) in [5.41, 5.74) is 1.08. The SMILES string of the molecule is C[C@H](NC(=O)CSc1nnnn1C[C@@H]1CCCO1)c1ccc2ccccc2c1. The van der Waals surface area contributed by atoms with Gasteiger partial charge in [0.1, 0.15) is 0 Å². The van der Waals surface area contributed by atoms with E-state index in [4.69, 9.17) is 4.74 Å². The zero-order valence-electron chi connectivity index (χ0n) is 15.7. The summed E-state index contributed by atoms with van der Waals surface area (Å²) in [6.07, 6.45) is 2.25. The van der Waals surface area contributed by atoms with Crippen molar-refractivity contribution in [3.8, 4) is 0 Å². The second-order valence-electron chi connectivity index (χ2n) is 6.96. The Morgan fingerprint density at radius 2 is 2.18 bits per heavy atom. The van der Waals surface area contributed by atoms with Gasteiger partial charge in [0, 0.05) is 6.61 Å². The predicted octanol–water partition coefficient (Wildman–Crippen LogP) is 2.97. The molecule has 0 radical (unpaired) electrons. The molecule has 3 aromatic rings. The highest BCUT2D eigenvalue weighted by Gasteiger charge is 2.19. The first-order chi connectivity index (χ1) is 13.7. The highest BCUT2D eigenvalue weighted by molar-refractivity contribution is 7.99. The van der Waals surface area contributed by atoms with E-state index in [0.29, 0.717) is 11.7 Å². The Kier molecular flexibility index (Phi) is 5.87. The topological polar surface area (TPSA) is 81.9 Å². The van der Waals surface area contributed by atoms with Gasteiger partial charge in [-0.15, -0.1) is 5.10 Å². The van der Waals surface area contributed by atoms with E-state index in [0.717, 1.165) is 25.0 Å². The zero-order valence-corrected chi connectivity index (χ0v) is 16.6. The number of benzene rings is 2. The van der Waals surface area contributed by atoms with Crippen molar-refractivity contribution in [1.82, 2.24) is 25.5 Å². The molecule has 1 amide bonds. The standard InChI is InChI=1S/C20H23N5O2S/c1-14(16-9-8-15-5-2-3-6-17(15)11-16)21-19(26)13-28-20-22-23-24-25(20)12-18-7-4-10-27-18/h2-3,5-6,8-9,11,14,18H,4,7,10,12-13H2,1H3,(H,21,26)/t14-,18-/m0/s1. The molecule has 1 aliphatic rings. The molecule has 2 atom stereocenters. The first kappa shape index (κ1) is 18.9. The van der Waals surface area contributed by atoms with Crippen LogP contribution in [0.15, 0.2) is 47.6 Å². The van der Waals surface area contributed by atoms with Crippen molar-refractivity contribution in [3.63, 3.8) is 0 Å². The van der Waals surface area contributed by atoms with Crippen LogP contribution < -0.4 is 5.32 Å². The summed E-state index contributed by atoms with van der Waals surface area (Å²) >= 11 is 1.34. The molecule has 0 saturated carbocycles. The molecular weight excluding hydrogens is 374 g/mol. The monoisotopic (exact) mass is 397 g/mol. The summed E-state index contributed by atoms with van der Waals surface area (Å²) in [6, 6.07) is 14.4. The third-order valence-electron chi connectivity index (χ3n) is 4.88. The lowest BCUT2D eigenvalue weighted by Gasteiger charge is -2.15. The van der Waals surface area contributed by atoms with Crippen LogP contribution in [-0.4, -0.2) is 44.6 Å². The number of hydrogen-bond acceptors (Lipinski definition) is 6. The van der Waals surface area contributed by atoms with Gasteiger partial charge < -0.3 is 10.1 Å². The minimum atomic E-state index is -0.0689. The van der Waals surface area contributed by atoms with Gasteiger partial charge in [-0.25, -0.2) is 4.68 Å². The first-order valence-corrected chi connectivity index (χ1v) is 10.5. The van der Waals surface area contributed by atoms with Gasteiger partial charge >= 0.3 is 0 Å².